The van der Waals surface area contributed by atoms with Crippen molar-refractivity contribution >= 4 is 11.6 Å². The van der Waals surface area contributed by atoms with E-state index in [-0.39, 0.29) is 17.0 Å². The number of hydrogen-bond acceptors (Lipinski definition) is 3. The zero-order valence-corrected chi connectivity index (χ0v) is 11.2. The summed E-state index contributed by atoms with van der Waals surface area (Å²) >= 11 is 0. The molecule has 0 saturated heterocycles. The number of ether oxygens (including phenoxy) is 1. The minimum atomic E-state index is -0.729. The molecular formula is C15H15FN2O2. The molecule has 2 rings (SSSR count). The minimum Gasteiger partial charge on any atom is -0.454 e. The molecular weight excluding hydrogens is 259 g/mol. The Morgan fingerprint density at radius 2 is 1.70 bits per heavy atom. The first-order valence-electron chi connectivity index (χ1n) is 6.02. The third kappa shape index (κ3) is 2.88. The van der Waals surface area contributed by atoms with Crippen molar-refractivity contribution in [3.63, 3.8) is 0 Å². The summed E-state index contributed by atoms with van der Waals surface area (Å²) in [6.45, 7) is 3.82. The van der Waals surface area contributed by atoms with Gasteiger partial charge in [0.05, 0.1) is 5.56 Å². The number of benzene rings is 2. The molecule has 0 heterocycles. The van der Waals surface area contributed by atoms with Gasteiger partial charge in [-0.3, -0.25) is 4.79 Å². The standard InChI is InChI=1S/C15H15FN2O2/c1-8-3-9(2)5-10(4-8)20-14-6-11(15(18)19)13(17)7-12(14)16/h3-7H,17H2,1-2H3,(H2,18,19). The van der Waals surface area contributed by atoms with E-state index < -0.39 is 11.7 Å². The number of aryl methyl sites for hydroxylation is 2. The summed E-state index contributed by atoms with van der Waals surface area (Å²) in [5.41, 5.74) is 12.7. The average Bonchev–Trinajstić information content (AvgIpc) is 2.30. The molecule has 1 amide bonds. The second-order valence-electron chi connectivity index (χ2n) is 4.66. The van der Waals surface area contributed by atoms with Gasteiger partial charge in [-0.05, 0) is 43.2 Å². The molecule has 2 aromatic rings. The molecule has 0 unspecified atom stereocenters. The summed E-state index contributed by atoms with van der Waals surface area (Å²) in [6, 6.07) is 7.75. The Morgan fingerprint density at radius 3 is 2.25 bits per heavy atom. The largest absolute Gasteiger partial charge is 0.454 e. The second kappa shape index (κ2) is 5.21. The predicted molar refractivity (Wildman–Crippen MR) is 75.3 cm³/mol. The highest BCUT2D eigenvalue weighted by molar-refractivity contribution is 5.98. The summed E-state index contributed by atoms with van der Waals surface area (Å²) in [6.07, 6.45) is 0. The molecule has 20 heavy (non-hydrogen) atoms. The van der Waals surface area contributed by atoms with Crippen molar-refractivity contribution in [3.05, 3.63) is 52.8 Å². The lowest BCUT2D eigenvalue weighted by Gasteiger charge is -2.11. The molecule has 0 radical (unpaired) electrons. The van der Waals surface area contributed by atoms with Crippen LogP contribution in [0.5, 0.6) is 11.5 Å². The van der Waals surface area contributed by atoms with Gasteiger partial charge < -0.3 is 16.2 Å². The van der Waals surface area contributed by atoms with E-state index in [1.54, 1.807) is 12.1 Å². The van der Waals surface area contributed by atoms with Crippen LogP contribution in [0.3, 0.4) is 0 Å². The normalized spacial score (nSPS) is 10.3. The van der Waals surface area contributed by atoms with E-state index in [0.717, 1.165) is 17.2 Å². The van der Waals surface area contributed by atoms with Gasteiger partial charge in [0.25, 0.3) is 5.91 Å². The Morgan fingerprint density at radius 1 is 1.10 bits per heavy atom. The molecule has 0 bridgehead atoms. The summed E-state index contributed by atoms with van der Waals surface area (Å²) in [5.74, 6) is -0.973. The number of carbonyl (C=O) groups is 1. The third-order valence-corrected chi connectivity index (χ3v) is 2.79. The van der Waals surface area contributed by atoms with Gasteiger partial charge in [0, 0.05) is 11.8 Å². The number of halogens is 1. The zero-order valence-electron chi connectivity index (χ0n) is 11.2. The molecule has 2 aromatic carbocycles. The lowest BCUT2D eigenvalue weighted by molar-refractivity contribution is 0.100. The van der Waals surface area contributed by atoms with Crippen LogP contribution < -0.4 is 16.2 Å². The Balaban J connectivity index is 2.42. The van der Waals surface area contributed by atoms with Gasteiger partial charge >= 0.3 is 0 Å². The van der Waals surface area contributed by atoms with Crippen molar-refractivity contribution < 1.29 is 13.9 Å². The molecule has 0 fully saturated rings. The smallest absolute Gasteiger partial charge is 0.250 e. The zero-order chi connectivity index (χ0) is 14.9. The number of rotatable bonds is 3. The quantitative estimate of drug-likeness (QED) is 0.845. The van der Waals surface area contributed by atoms with Crippen molar-refractivity contribution in [1.29, 1.82) is 0 Å². The maximum atomic E-state index is 13.8. The van der Waals surface area contributed by atoms with Crippen LogP contribution in [0, 0.1) is 19.7 Å². The molecule has 0 aliphatic rings. The van der Waals surface area contributed by atoms with Crippen LogP contribution in [-0.4, -0.2) is 5.91 Å². The van der Waals surface area contributed by atoms with Crippen LogP contribution in [0.2, 0.25) is 0 Å². The van der Waals surface area contributed by atoms with Crippen LogP contribution >= 0.6 is 0 Å². The molecule has 0 aliphatic heterocycles. The van der Waals surface area contributed by atoms with E-state index in [2.05, 4.69) is 0 Å². The van der Waals surface area contributed by atoms with Crippen molar-refractivity contribution in [2.45, 2.75) is 13.8 Å². The SMILES string of the molecule is Cc1cc(C)cc(Oc2cc(C(N)=O)c(N)cc2F)c1. The maximum absolute atomic E-state index is 13.8. The first-order chi connectivity index (χ1) is 9.36. The van der Waals surface area contributed by atoms with Gasteiger partial charge in [0.2, 0.25) is 0 Å². The predicted octanol–water partition coefficient (Wildman–Crippen LogP) is 2.92. The van der Waals surface area contributed by atoms with Gasteiger partial charge in [-0.25, -0.2) is 4.39 Å². The summed E-state index contributed by atoms with van der Waals surface area (Å²) in [7, 11) is 0. The lowest BCUT2D eigenvalue weighted by Crippen LogP contribution is -2.14. The maximum Gasteiger partial charge on any atom is 0.250 e. The van der Waals surface area contributed by atoms with Gasteiger partial charge in [0.1, 0.15) is 5.75 Å². The first kappa shape index (κ1) is 13.9. The highest BCUT2D eigenvalue weighted by atomic mass is 19.1. The van der Waals surface area contributed by atoms with E-state index in [1.165, 1.54) is 6.07 Å². The van der Waals surface area contributed by atoms with Crippen molar-refractivity contribution in [2.24, 2.45) is 5.73 Å². The highest BCUT2D eigenvalue weighted by Gasteiger charge is 2.13. The molecule has 104 valence electrons. The van der Waals surface area contributed by atoms with E-state index >= 15 is 0 Å². The molecule has 4 N–H and O–H groups in total. The fourth-order valence-electron chi connectivity index (χ4n) is 1.98. The average molecular weight is 274 g/mol. The van der Waals surface area contributed by atoms with E-state index in [4.69, 9.17) is 16.2 Å². The van der Waals surface area contributed by atoms with Crippen molar-refractivity contribution in [3.8, 4) is 11.5 Å². The van der Waals surface area contributed by atoms with Gasteiger partial charge in [-0.1, -0.05) is 6.07 Å². The Bertz CT molecular complexity index is 664. The second-order valence-corrected chi connectivity index (χ2v) is 4.66. The Hall–Kier alpha value is -2.56. The summed E-state index contributed by atoms with van der Waals surface area (Å²) in [4.78, 5) is 11.2. The molecule has 0 atom stereocenters. The van der Waals surface area contributed by atoms with E-state index in [0.29, 0.717) is 5.75 Å². The number of primary amides is 1. The topological polar surface area (TPSA) is 78.3 Å². The lowest BCUT2D eigenvalue weighted by atomic mass is 10.1. The third-order valence-electron chi connectivity index (χ3n) is 2.79. The molecule has 0 spiro atoms. The molecule has 0 aromatic heterocycles. The van der Waals surface area contributed by atoms with Crippen LogP contribution in [0.4, 0.5) is 10.1 Å². The Labute approximate surface area is 116 Å². The van der Waals surface area contributed by atoms with Crippen LogP contribution in [0.15, 0.2) is 30.3 Å². The van der Waals surface area contributed by atoms with Crippen molar-refractivity contribution in [2.75, 3.05) is 5.73 Å². The number of carbonyl (C=O) groups excluding carboxylic acids is 1. The molecule has 5 heteroatoms. The molecule has 4 nitrogen and oxygen atoms in total. The Kier molecular flexibility index (Phi) is 3.61. The molecule has 0 saturated carbocycles. The van der Waals surface area contributed by atoms with Crippen LogP contribution in [-0.2, 0) is 0 Å². The molecule has 0 aliphatic carbocycles. The first-order valence-corrected chi connectivity index (χ1v) is 6.02. The fraction of sp³-hybridized carbons (Fsp3) is 0.133. The number of amides is 1. The fourth-order valence-corrected chi connectivity index (χ4v) is 1.98. The van der Waals surface area contributed by atoms with Crippen LogP contribution in [0.25, 0.3) is 0 Å². The van der Waals surface area contributed by atoms with Gasteiger partial charge in [-0.15, -0.1) is 0 Å². The minimum absolute atomic E-state index is 0.0113. The summed E-state index contributed by atoms with van der Waals surface area (Å²) < 4.78 is 19.3. The highest BCUT2D eigenvalue weighted by Crippen LogP contribution is 2.29. The number of nitrogen functional groups attached to an aromatic ring is 1. The van der Waals surface area contributed by atoms with Crippen LogP contribution in [0.1, 0.15) is 21.5 Å². The number of nitrogens with two attached hydrogens (primary N) is 2. The van der Waals surface area contributed by atoms with E-state index in [1.807, 2.05) is 19.9 Å². The monoisotopic (exact) mass is 274 g/mol. The number of anilines is 1. The van der Waals surface area contributed by atoms with E-state index in [9.17, 15) is 9.18 Å². The van der Waals surface area contributed by atoms with Gasteiger partial charge in [-0.2, -0.15) is 0 Å². The number of hydrogen-bond donors (Lipinski definition) is 2. The summed E-state index contributed by atoms with van der Waals surface area (Å²) in [5, 5.41) is 0. The van der Waals surface area contributed by atoms with Gasteiger partial charge in [0.15, 0.2) is 11.6 Å². The van der Waals surface area contributed by atoms with Crippen molar-refractivity contribution in [1.82, 2.24) is 0 Å².